The molecule has 3 N–H and O–H groups in total. The number of esters is 1. The maximum atomic E-state index is 11.0. The van der Waals surface area contributed by atoms with E-state index in [4.69, 9.17) is 5.11 Å². The predicted octanol–water partition coefficient (Wildman–Crippen LogP) is 0.511. The van der Waals surface area contributed by atoms with Gasteiger partial charge in [-0.05, 0) is 11.6 Å². The first-order valence-corrected chi connectivity index (χ1v) is 4.30. The highest BCUT2D eigenvalue weighted by Crippen LogP contribution is 2.27. The summed E-state index contributed by atoms with van der Waals surface area (Å²) >= 11 is 0. The quantitative estimate of drug-likeness (QED) is 0.649. The van der Waals surface area contributed by atoms with Gasteiger partial charge in [0.2, 0.25) is 0 Å². The number of methoxy groups -OCH3 is 1. The summed E-state index contributed by atoms with van der Waals surface area (Å²) in [7, 11) is 1.16. The van der Waals surface area contributed by atoms with Crippen LogP contribution in [0.5, 0.6) is 11.5 Å². The van der Waals surface area contributed by atoms with Crippen LogP contribution in [0.25, 0.3) is 0 Å². The lowest BCUT2D eigenvalue weighted by molar-refractivity contribution is -0.139. The van der Waals surface area contributed by atoms with Crippen LogP contribution in [0.1, 0.15) is 15.9 Å². The summed E-state index contributed by atoms with van der Waals surface area (Å²) in [5, 5.41) is 27.3. The van der Waals surface area contributed by atoms with E-state index in [1.54, 1.807) is 0 Å². The number of hydrogen-bond donors (Lipinski definition) is 3. The Balaban J connectivity index is 3.24. The minimum absolute atomic E-state index is 0.00292. The molecule has 0 aliphatic carbocycles. The summed E-state index contributed by atoms with van der Waals surface area (Å²) in [5.41, 5.74) is -0.417. The normalized spacial score (nSPS) is 9.81. The van der Waals surface area contributed by atoms with Crippen molar-refractivity contribution >= 4 is 11.9 Å². The zero-order chi connectivity index (χ0) is 12.3. The molecule has 0 aliphatic rings. The lowest BCUT2D eigenvalue weighted by Gasteiger charge is -2.07. The van der Waals surface area contributed by atoms with Crippen LogP contribution in [0.3, 0.4) is 0 Å². The van der Waals surface area contributed by atoms with Crippen molar-refractivity contribution in [2.45, 2.75) is 6.42 Å². The Kier molecular flexibility index (Phi) is 3.34. The number of aromatic carboxylic acids is 1. The standard InChI is InChI=1S/C10H10O6/c1-16-8(13)3-5-2-6(11)4-7(12)9(5)10(14)15/h2,4,11-12H,3H2,1H3,(H,14,15). The Labute approximate surface area is 90.7 Å². The van der Waals surface area contributed by atoms with E-state index >= 15 is 0 Å². The number of carbonyl (C=O) groups is 2. The molecule has 1 aromatic rings. The number of aromatic hydroxyl groups is 2. The molecule has 0 fully saturated rings. The molecule has 0 amide bonds. The highest BCUT2D eigenvalue weighted by Gasteiger charge is 2.19. The molecule has 0 atom stereocenters. The maximum absolute atomic E-state index is 11.0. The lowest BCUT2D eigenvalue weighted by atomic mass is 10.0. The molecule has 0 bridgehead atoms. The van der Waals surface area contributed by atoms with E-state index in [9.17, 15) is 19.8 Å². The minimum atomic E-state index is -1.38. The van der Waals surface area contributed by atoms with Gasteiger partial charge in [-0.15, -0.1) is 0 Å². The third kappa shape index (κ3) is 2.41. The van der Waals surface area contributed by atoms with Gasteiger partial charge in [0.15, 0.2) is 0 Å². The second-order valence-electron chi connectivity index (χ2n) is 3.06. The predicted molar refractivity (Wildman–Crippen MR) is 52.5 cm³/mol. The van der Waals surface area contributed by atoms with Crippen molar-refractivity contribution in [3.8, 4) is 11.5 Å². The molecule has 1 rings (SSSR count). The maximum Gasteiger partial charge on any atom is 0.339 e. The van der Waals surface area contributed by atoms with Gasteiger partial charge in [-0.2, -0.15) is 0 Å². The van der Waals surface area contributed by atoms with Crippen LogP contribution in [0.2, 0.25) is 0 Å². The second kappa shape index (κ2) is 4.52. The average Bonchev–Trinajstić information content (AvgIpc) is 2.15. The van der Waals surface area contributed by atoms with E-state index in [-0.39, 0.29) is 17.7 Å². The van der Waals surface area contributed by atoms with E-state index < -0.39 is 23.3 Å². The molecule has 0 spiro atoms. The van der Waals surface area contributed by atoms with Crippen molar-refractivity contribution in [3.63, 3.8) is 0 Å². The van der Waals surface area contributed by atoms with Crippen LogP contribution in [-0.4, -0.2) is 34.4 Å². The third-order valence-electron chi connectivity index (χ3n) is 1.96. The van der Waals surface area contributed by atoms with Crippen molar-refractivity contribution in [2.24, 2.45) is 0 Å². The van der Waals surface area contributed by atoms with Crippen LogP contribution >= 0.6 is 0 Å². The Morgan fingerprint density at radius 3 is 2.44 bits per heavy atom. The summed E-state index contributed by atoms with van der Waals surface area (Å²) in [4.78, 5) is 21.8. The van der Waals surface area contributed by atoms with Crippen molar-refractivity contribution < 1.29 is 29.6 Å². The Morgan fingerprint density at radius 2 is 1.94 bits per heavy atom. The largest absolute Gasteiger partial charge is 0.508 e. The van der Waals surface area contributed by atoms with Crippen molar-refractivity contribution in [3.05, 3.63) is 23.3 Å². The highest BCUT2D eigenvalue weighted by atomic mass is 16.5. The molecule has 0 heterocycles. The van der Waals surface area contributed by atoms with Crippen LogP contribution < -0.4 is 0 Å². The fourth-order valence-electron chi connectivity index (χ4n) is 1.28. The first-order valence-electron chi connectivity index (χ1n) is 4.30. The zero-order valence-corrected chi connectivity index (χ0v) is 8.43. The number of hydrogen-bond acceptors (Lipinski definition) is 5. The summed E-state index contributed by atoms with van der Waals surface area (Å²) < 4.78 is 4.37. The van der Waals surface area contributed by atoms with Gasteiger partial charge in [-0.1, -0.05) is 0 Å². The van der Waals surface area contributed by atoms with E-state index in [1.165, 1.54) is 0 Å². The summed E-state index contributed by atoms with van der Waals surface area (Å²) in [6, 6.07) is 1.99. The van der Waals surface area contributed by atoms with Gasteiger partial charge in [0, 0.05) is 6.07 Å². The number of benzene rings is 1. The van der Waals surface area contributed by atoms with Gasteiger partial charge in [0.1, 0.15) is 17.1 Å². The minimum Gasteiger partial charge on any atom is -0.508 e. The zero-order valence-electron chi connectivity index (χ0n) is 8.43. The molecule has 1 aromatic carbocycles. The van der Waals surface area contributed by atoms with Gasteiger partial charge in [0.25, 0.3) is 0 Å². The van der Waals surface area contributed by atoms with Gasteiger partial charge >= 0.3 is 11.9 Å². The highest BCUT2D eigenvalue weighted by molar-refractivity contribution is 5.94. The number of rotatable bonds is 3. The van der Waals surface area contributed by atoms with Crippen molar-refractivity contribution in [1.82, 2.24) is 0 Å². The number of phenolic OH excluding ortho intramolecular Hbond substituents is 1. The molecule has 86 valence electrons. The lowest BCUT2D eigenvalue weighted by Crippen LogP contribution is -2.10. The molecule has 16 heavy (non-hydrogen) atoms. The molecule has 0 aromatic heterocycles. The Bertz CT molecular complexity index is 437. The first kappa shape index (κ1) is 11.8. The number of carboxylic acid groups (broad SMARTS) is 1. The van der Waals surface area contributed by atoms with Crippen LogP contribution in [-0.2, 0) is 16.0 Å². The Hall–Kier alpha value is -2.24. The molecule has 6 heteroatoms. The van der Waals surface area contributed by atoms with Gasteiger partial charge < -0.3 is 20.1 Å². The molecular formula is C10H10O6. The molecule has 0 radical (unpaired) electrons. The number of carboxylic acids is 1. The van der Waals surface area contributed by atoms with Crippen LogP contribution in [0.4, 0.5) is 0 Å². The average molecular weight is 226 g/mol. The summed E-state index contributed by atoms with van der Waals surface area (Å²) in [6.07, 6.45) is -0.333. The van der Waals surface area contributed by atoms with E-state index in [0.29, 0.717) is 0 Å². The molecular weight excluding hydrogens is 216 g/mol. The van der Waals surface area contributed by atoms with E-state index in [0.717, 1.165) is 19.2 Å². The third-order valence-corrected chi connectivity index (χ3v) is 1.96. The Morgan fingerprint density at radius 1 is 1.31 bits per heavy atom. The monoisotopic (exact) mass is 226 g/mol. The number of phenols is 2. The molecule has 0 saturated heterocycles. The van der Waals surface area contributed by atoms with Crippen molar-refractivity contribution in [1.29, 1.82) is 0 Å². The molecule has 6 nitrogen and oxygen atoms in total. The summed E-state index contributed by atoms with van der Waals surface area (Å²) in [6.45, 7) is 0. The fraction of sp³-hybridized carbons (Fsp3) is 0.200. The molecule has 0 saturated carbocycles. The van der Waals surface area contributed by atoms with Crippen LogP contribution in [0.15, 0.2) is 12.1 Å². The number of carbonyl (C=O) groups excluding carboxylic acids is 1. The summed E-state index contributed by atoms with van der Waals surface area (Å²) in [5.74, 6) is -2.95. The topological polar surface area (TPSA) is 104 Å². The first-order chi connectivity index (χ1) is 7.45. The SMILES string of the molecule is COC(=O)Cc1cc(O)cc(O)c1C(=O)O. The van der Waals surface area contributed by atoms with Gasteiger partial charge in [-0.3, -0.25) is 4.79 Å². The fourth-order valence-corrected chi connectivity index (χ4v) is 1.28. The number of ether oxygens (including phenoxy) is 1. The smallest absolute Gasteiger partial charge is 0.339 e. The molecule has 0 aliphatic heterocycles. The molecule has 0 unspecified atom stereocenters. The van der Waals surface area contributed by atoms with Crippen LogP contribution in [0, 0.1) is 0 Å². The van der Waals surface area contributed by atoms with Gasteiger partial charge in [0.05, 0.1) is 13.5 Å². The van der Waals surface area contributed by atoms with E-state index in [2.05, 4.69) is 4.74 Å². The van der Waals surface area contributed by atoms with E-state index in [1.807, 2.05) is 0 Å². The van der Waals surface area contributed by atoms with Crippen molar-refractivity contribution in [2.75, 3.05) is 7.11 Å². The second-order valence-corrected chi connectivity index (χ2v) is 3.06. The van der Waals surface area contributed by atoms with Gasteiger partial charge in [-0.25, -0.2) is 4.79 Å².